The van der Waals surface area contributed by atoms with Crippen molar-refractivity contribution in [1.29, 1.82) is 0 Å². The standard InChI is InChI=1S/C20H27N3O/c1-4-23(5-2)18-11-12-19(16(3)13-18)21-15-20(24)22-14-17-9-7-6-8-10-17/h6-13,21H,4-5,14-15H2,1-3H3,(H,22,24). The van der Waals surface area contributed by atoms with Crippen LogP contribution >= 0.6 is 0 Å². The molecule has 0 saturated heterocycles. The first-order valence-electron chi connectivity index (χ1n) is 8.54. The summed E-state index contributed by atoms with van der Waals surface area (Å²) in [6, 6.07) is 16.2. The minimum atomic E-state index is -0.00827. The molecule has 0 aliphatic carbocycles. The molecule has 4 nitrogen and oxygen atoms in total. The summed E-state index contributed by atoms with van der Waals surface area (Å²) < 4.78 is 0. The van der Waals surface area contributed by atoms with Gasteiger partial charge in [-0.15, -0.1) is 0 Å². The predicted octanol–water partition coefficient (Wildman–Crippen LogP) is 3.57. The lowest BCUT2D eigenvalue weighted by molar-refractivity contribution is -0.119. The van der Waals surface area contributed by atoms with Gasteiger partial charge in [-0.2, -0.15) is 0 Å². The average molecular weight is 325 g/mol. The third kappa shape index (κ3) is 5.01. The van der Waals surface area contributed by atoms with Gasteiger partial charge in [0.1, 0.15) is 0 Å². The highest BCUT2D eigenvalue weighted by Gasteiger charge is 2.06. The maximum Gasteiger partial charge on any atom is 0.239 e. The number of benzene rings is 2. The number of rotatable bonds is 8. The quantitative estimate of drug-likeness (QED) is 0.780. The van der Waals surface area contributed by atoms with Gasteiger partial charge in [-0.1, -0.05) is 30.3 Å². The molecule has 0 bridgehead atoms. The molecule has 2 aromatic carbocycles. The van der Waals surface area contributed by atoms with Gasteiger partial charge >= 0.3 is 0 Å². The van der Waals surface area contributed by atoms with Crippen molar-refractivity contribution in [1.82, 2.24) is 5.32 Å². The zero-order valence-electron chi connectivity index (χ0n) is 14.8. The number of hydrogen-bond acceptors (Lipinski definition) is 3. The predicted molar refractivity (Wildman–Crippen MR) is 102 cm³/mol. The molecule has 0 fully saturated rings. The molecule has 2 rings (SSSR count). The molecule has 0 saturated carbocycles. The van der Waals surface area contributed by atoms with Crippen molar-refractivity contribution < 1.29 is 4.79 Å². The second kappa shape index (κ2) is 8.96. The van der Waals surface area contributed by atoms with Crippen LogP contribution < -0.4 is 15.5 Å². The highest BCUT2D eigenvalue weighted by molar-refractivity contribution is 5.81. The Labute approximate surface area is 144 Å². The Morgan fingerprint density at radius 1 is 1.04 bits per heavy atom. The molecule has 0 aliphatic rings. The highest BCUT2D eigenvalue weighted by Crippen LogP contribution is 2.22. The second-order valence-electron chi connectivity index (χ2n) is 5.79. The first kappa shape index (κ1) is 17.9. The third-order valence-corrected chi connectivity index (χ3v) is 4.11. The number of nitrogens with zero attached hydrogens (tertiary/aromatic N) is 1. The fraction of sp³-hybridized carbons (Fsp3) is 0.350. The van der Waals surface area contributed by atoms with Gasteiger partial charge in [-0.3, -0.25) is 4.79 Å². The molecule has 2 N–H and O–H groups in total. The maximum absolute atomic E-state index is 12.0. The molecular formula is C20H27N3O. The monoisotopic (exact) mass is 325 g/mol. The first-order valence-corrected chi connectivity index (χ1v) is 8.54. The Morgan fingerprint density at radius 2 is 1.75 bits per heavy atom. The lowest BCUT2D eigenvalue weighted by Gasteiger charge is -2.22. The van der Waals surface area contributed by atoms with Gasteiger partial charge in [0.25, 0.3) is 0 Å². The van der Waals surface area contributed by atoms with Crippen molar-refractivity contribution in [3.8, 4) is 0 Å². The van der Waals surface area contributed by atoms with Crippen molar-refractivity contribution in [2.45, 2.75) is 27.3 Å². The number of carbonyl (C=O) groups excluding carboxylic acids is 1. The largest absolute Gasteiger partial charge is 0.376 e. The van der Waals surface area contributed by atoms with E-state index >= 15 is 0 Å². The summed E-state index contributed by atoms with van der Waals surface area (Å²) >= 11 is 0. The smallest absolute Gasteiger partial charge is 0.239 e. The zero-order chi connectivity index (χ0) is 17.4. The minimum absolute atomic E-state index is 0.00827. The van der Waals surface area contributed by atoms with E-state index in [1.54, 1.807) is 0 Å². The van der Waals surface area contributed by atoms with E-state index in [1.807, 2.05) is 36.4 Å². The van der Waals surface area contributed by atoms with Crippen molar-refractivity contribution in [3.05, 3.63) is 59.7 Å². The summed E-state index contributed by atoms with van der Waals surface area (Å²) in [6.07, 6.45) is 0. The molecule has 0 unspecified atom stereocenters. The van der Waals surface area contributed by atoms with E-state index in [1.165, 1.54) is 5.69 Å². The molecule has 0 aliphatic heterocycles. The molecule has 0 heterocycles. The van der Waals surface area contributed by atoms with Crippen LogP contribution in [0.4, 0.5) is 11.4 Å². The Balaban J connectivity index is 1.86. The Kier molecular flexibility index (Phi) is 6.67. The van der Waals surface area contributed by atoms with Gasteiger partial charge < -0.3 is 15.5 Å². The van der Waals surface area contributed by atoms with E-state index < -0.39 is 0 Å². The molecule has 0 aromatic heterocycles. The fourth-order valence-electron chi connectivity index (χ4n) is 2.67. The van der Waals surface area contributed by atoms with E-state index in [2.05, 4.69) is 48.4 Å². The second-order valence-corrected chi connectivity index (χ2v) is 5.79. The van der Waals surface area contributed by atoms with E-state index in [9.17, 15) is 4.79 Å². The summed E-state index contributed by atoms with van der Waals surface area (Å²) in [5, 5.41) is 6.15. The summed E-state index contributed by atoms with van der Waals surface area (Å²) in [7, 11) is 0. The van der Waals surface area contributed by atoms with Crippen molar-refractivity contribution in [2.75, 3.05) is 29.9 Å². The number of amides is 1. The van der Waals surface area contributed by atoms with Crippen molar-refractivity contribution in [2.24, 2.45) is 0 Å². The van der Waals surface area contributed by atoms with Gasteiger partial charge in [0.2, 0.25) is 5.91 Å². The maximum atomic E-state index is 12.0. The molecule has 0 radical (unpaired) electrons. The van der Waals surface area contributed by atoms with Gasteiger partial charge in [0.05, 0.1) is 6.54 Å². The summed E-state index contributed by atoms with van der Waals surface area (Å²) in [5.41, 5.74) is 4.47. The van der Waals surface area contributed by atoms with Gasteiger partial charge in [0.15, 0.2) is 0 Å². The molecular weight excluding hydrogens is 298 g/mol. The number of aryl methyl sites for hydroxylation is 1. The van der Waals surface area contributed by atoms with Gasteiger partial charge in [-0.25, -0.2) is 0 Å². The van der Waals surface area contributed by atoms with Crippen molar-refractivity contribution >= 4 is 17.3 Å². The Morgan fingerprint density at radius 3 is 2.38 bits per heavy atom. The summed E-state index contributed by atoms with van der Waals surface area (Å²) in [6.45, 7) is 9.19. The molecule has 4 heteroatoms. The van der Waals surface area contributed by atoms with Crippen LogP contribution in [0.5, 0.6) is 0 Å². The van der Waals surface area contributed by atoms with Crippen LogP contribution in [-0.4, -0.2) is 25.5 Å². The SMILES string of the molecule is CCN(CC)c1ccc(NCC(=O)NCc2ccccc2)c(C)c1. The van der Waals surface area contributed by atoms with Gasteiger partial charge in [-0.05, 0) is 50.1 Å². The van der Waals surface area contributed by atoms with E-state index in [-0.39, 0.29) is 12.5 Å². The van der Waals surface area contributed by atoms with Crippen LogP contribution in [0, 0.1) is 6.92 Å². The minimum Gasteiger partial charge on any atom is -0.376 e. The lowest BCUT2D eigenvalue weighted by Crippen LogP contribution is -2.29. The van der Waals surface area contributed by atoms with Crippen LogP contribution in [0.25, 0.3) is 0 Å². The van der Waals surface area contributed by atoms with E-state index in [0.29, 0.717) is 6.54 Å². The third-order valence-electron chi connectivity index (χ3n) is 4.11. The zero-order valence-corrected chi connectivity index (χ0v) is 14.8. The average Bonchev–Trinajstić information content (AvgIpc) is 2.61. The highest BCUT2D eigenvalue weighted by atomic mass is 16.1. The lowest BCUT2D eigenvalue weighted by atomic mass is 10.1. The van der Waals surface area contributed by atoms with Crippen LogP contribution in [0.2, 0.25) is 0 Å². The van der Waals surface area contributed by atoms with Crippen LogP contribution in [0.1, 0.15) is 25.0 Å². The Bertz CT molecular complexity index is 651. The first-order chi connectivity index (χ1) is 11.6. The number of hydrogen-bond donors (Lipinski definition) is 2. The van der Waals surface area contributed by atoms with Gasteiger partial charge in [0, 0.05) is 31.0 Å². The van der Waals surface area contributed by atoms with Crippen molar-refractivity contribution in [3.63, 3.8) is 0 Å². The topological polar surface area (TPSA) is 44.4 Å². The van der Waals surface area contributed by atoms with Crippen LogP contribution in [0.3, 0.4) is 0 Å². The summed E-state index contributed by atoms with van der Waals surface area (Å²) in [4.78, 5) is 14.3. The molecule has 0 atom stereocenters. The molecule has 1 amide bonds. The van der Waals surface area contributed by atoms with Crippen LogP contribution in [0.15, 0.2) is 48.5 Å². The molecule has 2 aromatic rings. The molecule has 0 spiro atoms. The van der Waals surface area contributed by atoms with E-state index in [4.69, 9.17) is 0 Å². The number of nitrogens with one attached hydrogen (secondary N) is 2. The molecule has 128 valence electrons. The normalized spacial score (nSPS) is 10.3. The number of carbonyl (C=O) groups is 1. The molecule has 24 heavy (non-hydrogen) atoms. The van der Waals surface area contributed by atoms with E-state index in [0.717, 1.165) is 29.9 Å². The Hall–Kier alpha value is -2.49. The fourth-order valence-corrected chi connectivity index (χ4v) is 2.67. The summed E-state index contributed by atoms with van der Waals surface area (Å²) in [5.74, 6) is -0.00827. The number of anilines is 2. The van der Waals surface area contributed by atoms with Crippen LogP contribution in [-0.2, 0) is 11.3 Å².